The number of hydrogen-bond acceptors (Lipinski definition) is 7. The number of ether oxygens (including phenoxy) is 2. The zero-order chi connectivity index (χ0) is 22.0. The number of anilines is 1. The van der Waals surface area contributed by atoms with E-state index in [0.717, 1.165) is 5.56 Å². The molecule has 1 aromatic rings. The second kappa shape index (κ2) is 8.24. The zero-order valence-corrected chi connectivity index (χ0v) is 18.6. The molecule has 0 spiro atoms. The van der Waals surface area contributed by atoms with Gasteiger partial charge < -0.3 is 29.8 Å². The molecule has 2 heterocycles. The van der Waals surface area contributed by atoms with Crippen LogP contribution in [0.25, 0.3) is 6.08 Å². The number of methoxy groups -OCH3 is 1. The number of nitrogens with zero attached hydrogens (tertiary/aromatic N) is 1. The molecule has 0 bridgehead atoms. The Kier molecular flexibility index (Phi) is 6.54. The van der Waals surface area contributed by atoms with E-state index in [2.05, 4.69) is 10.3 Å². The summed E-state index contributed by atoms with van der Waals surface area (Å²) in [6.07, 6.45) is 2.95. The van der Waals surface area contributed by atoms with Crippen LogP contribution >= 0.6 is 0 Å². The largest absolute Gasteiger partial charge is 0.492 e. The third kappa shape index (κ3) is 5.87. The van der Waals surface area contributed by atoms with Crippen molar-refractivity contribution >= 4 is 25.0 Å². The molecular weight excluding hydrogens is 373 g/mol. The minimum atomic E-state index is -0.640. The highest BCUT2D eigenvalue weighted by Crippen LogP contribution is 2.38. The maximum Gasteiger partial charge on any atom is 0.492 e. The molecule has 1 aliphatic rings. The van der Waals surface area contributed by atoms with Crippen molar-refractivity contribution in [2.45, 2.75) is 65.3 Å². The number of nitrogens with one attached hydrogen (secondary N) is 1. The van der Waals surface area contributed by atoms with Gasteiger partial charge in [0.05, 0.1) is 24.0 Å². The molecule has 0 atom stereocenters. The second-order valence-corrected chi connectivity index (χ2v) is 9.03. The van der Waals surface area contributed by atoms with E-state index in [9.17, 15) is 4.79 Å². The monoisotopic (exact) mass is 405 g/mol. The van der Waals surface area contributed by atoms with Crippen LogP contribution in [0.15, 0.2) is 17.7 Å². The highest BCUT2D eigenvalue weighted by molar-refractivity contribution is 6.56. The van der Waals surface area contributed by atoms with E-state index in [-0.39, 0.29) is 6.54 Å². The summed E-state index contributed by atoms with van der Waals surface area (Å²) in [7, 11) is 0.868. The normalized spacial score (nSPS) is 18.5. The molecule has 3 N–H and O–H groups in total. The molecule has 1 aromatic heterocycles. The summed E-state index contributed by atoms with van der Waals surface area (Å²) < 4.78 is 22.7. The molecule has 0 aromatic carbocycles. The topological polar surface area (TPSA) is 105 Å². The van der Waals surface area contributed by atoms with Crippen molar-refractivity contribution in [1.82, 2.24) is 10.3 Å². The van der Waals surface area contributed by atoms with E-state index in [0.29, 0.717) is 17.0 Å². The van der Waals surface area contributed by atoms with Crippen molar-refractivity contribution in [3.8, 4) is 5.88 Å². The minimum Gasteiger partial charge on any atom is -0.480 e. The van der Waals surface area contributed by atoms with E-state index >= 15 is 0 Å². The van der Waals surface area contributed by atoms with Gasteiger partial charge in [0.15, 0.2) is 0 Å². The predicted molar refractivity (Wildman–Crippen MR) is 113 cm³/mol. The van der Waals surface area contributed by atoms with Gasteiger partial charge in [-0.05, 0) is 65.6 Å². The van der Waals surface area contributed by atoms with E-state index < -0.39 is 30.0 Å². The fourth-order valence-corrected chi connectivity index (χ4v) is 2.64. The van der Waals surface area contributed by atoms with Gasteiger partial charge >= 0.3 is 13.2 Å². The van der Waals surface area contributed by atoms with Crippen LogP contribution < -0.4 is 15.8 Å². The number of nitrogen functional groups attached to an aromatic ring is 1. The van der Waals surface area contributed by atoms with Crippen molar-refractivity contribution in [3.63, 3.8) is 0 Å². The van der Waals surface area contributed by atoms with Crippen LogP contribution in [0.3, 0.4) is 0 Å². The Morgan fingerprint density at radius 1 is 1.28 bits per heavy atom. The number of amides is 1. The third-order valence-corrected chi connectivity index (χ3v) is 4.84. The van der Waals surface area contributed by atoms with Crippen LogP contribution in [0.5, 0.6) is 5.88 Å². The van der Waals surface area contributed by atoms with Crippen LogP contribution in [-0.2, 0) is 14.0 Å². The van der Waals surface area contributed by atoms with Gasteiger partial charge in [0, 0.05) is 12.7 Å². The number of carbonyl (C=O) groups excluding carboxylic acids is 1. The molecule has 2 rings (SSSR count). The molecule has 1 amide bonds. The Labute approximate surface area is 173 Å². The molecule has 9 heteroatoms. The number of nitrogens with two attached hydrogens (primary N) is 1. The molecule has 0 aliphatic carbocycles. The van der Waals surface area contributed by atoms with Gasteiger partial charge in [-0.1, -0.05) is 6.08 Å². The Morgan fingerprint density at radius 3 is 2.34 bits per heavy atom. The van der Waals surface area contributed by atoms with Gasteiger partial charge in [0.25, 0.3) is 0 Å². The Hall–Kier alpha value is -2.26. The van der Waals surface area contributed by atoms with Crippen molar-refractivity contribution in [1.29, 1.82) is 0 Å². The Balaban J connectivity index is 2.28. The summed E-state index contributed by atoms with van der Waals surface area (Å²) in [5.41, 5.74) is 6.21. The molecule has 8 nitrogen and oxygen atoms in total. The molecule has 1 aliphatic heterocycles. The second-order valence-electron chi connectivity index (χ2n) is 9.03. The fourth-order valence-electron chi connectivity index (χ4n) is 2.64. The van der Waals surface area contributed by atoms with Gasteiger partial charge in [0.2, 0.25) is 5.88 Å². The van der Waals surface area contributed by atoms with Crippen LogP contribution in [0, 0.1) is 0 Å². The van der Waals surface area contributed by atoms with Crippen LogP contribution in [0.2, 0.25) is 0 Å². The molecular formula is C20H32BN3O5. The zero-order valence-electron chi connectivity index (χ0n) is 18.6. The number of carbonyl (C=O) groups is 1. The van der Waals surface area contributed by atoms with Crippen LogP contribution in [0.1, 0.15) is 54.0 Å². The van der Waals surface area contributed by atoms with Crippen molar-refractivity contribution in [2.24, 2.45) is 0 Å². The lowest BCUT2D eigenvalue weighted by molar-refractivity contribution is 0.00578. The van der Waals surface area contributed by atoms with Crippen molar-refractivity contribution < 1.29 is 23.6 Å². The number of rotatable bonds is 5. The summed E-state index contributed by atoms with van der Waals surface area (Å²) in [5.74, 6) is 0.353. The Bertz CT molecular complexity index is 771. The Morgan fingerprint density at radius 2 is 1.86 bits per heavy atom. The third-order valence-electron chi connectivity index (χ3n) is 4.84. The summed E-state index contributed by atoms with van der Waals surface area (Å²) in [4.78, 5) is 16.3. The van der Waals surface area contributed by atoms with Gasteiger partial charge in [0.1, 0.15) is 5.60 Å². The van der Waals surface area contributed by atoms with Gasteiger partial charge in [-0.25, -0.2) is 9.78 Å². The minimum absolute atomic E-state index is 0.178. The van der Waals surface area contributed by atoms with Crippen molar-refractivity contribution in [2.75, 3.05) is 19.4 Å². The molecule has 29 heavy (non-hydrogen) atoms. The molecule has 0 unspecified atom stereocenters. The van der Waals surface area contributed by atoms with Gasteiger partial charge in [-0.2, -0.15) is 0 Å². The van der Waals surface area contributed by atoms with Crippen LogP contribution in [0.4, 0.5) is 10.5 Å². The van der Waals surface area contributed by atoms with E-state index in [1.165, 1.54) is 7.11 Å². The maximum atomic E-state index is 12.1. The summed E-state index contributed by atoms with van der Waals surface area (Å²) in [6, 6.07) is 1.74. The number of aromatic nitrogens is 1. The average molecular weight is 405 g/mol. The van der Waals surface area contributed by atoms with Crippen molar-refractivity contribution in [3.05, 3.63) is 23.3 Å². The first-order valence-electron chi connectivity index (χ1n) is 9.56. The lowest BCUT2D eigenvalue weighted by atomic mass is 9.77. The molecule has 0 saturated carbocycles. The summed E-state index contributed by atoms with van der Waals surface area (Å²) in [5, 5.41) is 2.76. The first-order chi connectivity index (χ1) is 13.2. The highest BCUT2D eigenvalue weighted by Gasteiger charge is 2.52. The van der Waals surface area contributed by atoms with Gasteiger partial charge in [-0.15, -0.1) is 0 Å². The summed E-state index contributed by atoms with van der Waals surface area (Å²) >= 11 is 0. The predicted octanol–water partition coefficient (Wildman–Crippen LogP) is 3.21. The SMILES string of the molecule is COc1ncc(C=C(CNC(=O)OC(C)(C)C)B2OC(C)(C)C(C)(C)O2)cc1N. The molecule has 160 valence electrons. The highest BCUT2D eigenvalue weighted by atomic mass is 16.7. The lowest BCUT2D eigenvalue weighted by Gasteiger charge is -2.32. The van der Waals surface area contributed by atoms with E-state index in [1.54, 1.807) is 12.3 Å². The number of hydrogen-bond donors (Lipinski definition) is 2. The smallest absolute Gasteiger partial charge is 0.480 e. The molecule has 1 fully saturated rings. The number of alkyl carbamates (subject to hydrolysis) is 1. The molecule has 1 saturated heterocycles. The standard InChI is InChI=1S/C20H32BN3O5/c1-18(2,3)27-17(25)24-12-14(21-28-19(4,5)20(6,7)29-21)9-13-10-15(22)16(26-8)23-11-13/h9-11H,12,22H2,1-8H3,(H,24,25). The lowest BCUT2D eigenvalue weighted by Crippen LogP contribution is -2.41. The van der Waals surface area contributed by atoms with E-state index in [1.807, 2.05) is 54.5 Å². The van der Waals surface area contributed by atoms with E-state index in [4.69, 9.17) is 24.5 Å². The average Bonchev–Trinajstić information content (AvgIpc) is 2.77. The first-order valence-corrected chi connectivity index (χ1v) is 9.56. The van der Waals surface area contributed by atoms with Gasteiger partial charge in [-0.3, -0.25) is 0 Å². The van der Waals surface area contributed by atoms with Crippen LogP contribution in [-0.4, -0.2) is 48.7 Å². The first kappa shape index (κ1) is 23.0. The maximum absolute atomic E-state index is 12.1. The quantitative estimate of drug-likeness (QED) is 0.725. The number of pyridine rings is 1. The summed E-state index contributed by atoms with van der Waals surface area (Å²) in [6.45, 7) is 13.5. The fraction of sp³-hybridized carbons (Fsp3) is 0.600. The molecule has 0 radical (unpaired) electrons.